The van der Waals surface area contributed by atoms with Crippen molar-refractivity contribution in [3.63, 3.8) is 0 Å². The molecule has 0 aromatic heterocycles. The Balaban J connectivity index is 1.29. The number of halogens is 1. The van der Waals surface area contributed by atoms with Crippen molar-refractivity contribution in [1.82, 2.24) is 4.90 Å². The molecule has 1 spiro atoms. The molecule has 4 rings (SSSR count). The summed E-state index contributed by atoms with van der Waals surface area (Å²) < 4.78 is 13.1. The number of benzene rings is 1. The smallest absolute Gasteiger partial charge is 0.227 e. The van der Waals surface area contributed by atoms with E-state index in [2.05, 4.69) is 4.90 Å². The number of carbonyl (C=O) groups is 1. The maximum absolute atomic E-state index is 13.1. The first-order chi connectivity index (χ1) is 11.6. The lowest BCUT2D eigenvalue weighted by atomic mass is 9.78. The number of carbonyl (C=O) groups excluding carboxylic acids is 1. The molecule has 2 heterocycles. The van der Waals surface area contributed by atoms with Gasteiger partial charge in [0.15, 0.2) is 0 Å². The minimum Gasteiger partial charge on any atom is -0.312 e. The lowest BCUT2D eigenvalue weighted by molar-refractivity contribution is -0.119. The molecule has 3 nitrogen and oxygen atoms in total. The Morgan fingerprint density at radius 3 is 2.46 bits per heavy atom. The SMILES string of the molecule is O=C1CC2(CN(CCC3CCCCC3)C2)CN1c1ccc(F)cc1. The highest BCUT2D eigenvalue weighted by molar-refractivity contribution is 5.96. The first-order valence-electron chi connectivity index (χ1n) is 9.42. The Labute approximate surface area is 143 Å². The summed E-state index contributed by atoms with van der Waals surface area (Å²) >= 11 is 0. The second-order valence-electron chi connectivity index (χ2n) is 8.14. The van der Waals surface area contributed by atoms with Crippen LogP contribution in [0.2, 0.25) is 0 Å². The summed E-state index contributed by atoms with van der Waals surface area (Å²) in [6, 6.07) is 6.30. The summed E-state index contributed by atoms with van der Waals surface area (Å²) in [5.74, 6) is 0.863. The predicted molar refractivity (Wildman–Crippen MR) is 93.4 cm³/mol. The Morgan fingerprint density at radius 1 is 1.04 bits per heavy atom. The summed E-state index contributed by atoms with van der Waals surface area (Å²) in [6.45, 7) is 4.07. The van der Waals surface area contributed by atoms with Crippen LogP contribution in [0.25, 0.3) is 0 Å². The Kier molecular flexibility index (Phi) is 4.33. The standard InChI is InChI=1S/C20H27FN2O/c21-17-6-8-18(9-7-17)23-15-20(12-19(23)24)13-22(14-20)11-10-16-4-2-1-3-5-16/h6-9,16H,1-5,10-15H2. The van der Waals surface area contributed by atoms with Crippen LogP contribution in [0.5, 0.6) is 0 Å². The van der Waals surface area contributed by atoms with Gasteiger partial charge in [-0.15, -0.1) is 0 Å². The van der Waals surface area contributed by atoms with Crippen LogP contribution in [0.3, 0.4) is 0 Å². The van der Waals surface area contributed by atoms with Gasteiger partial charge in [0.25, 0.3) is 0 Å². The van der Waals surface area contributed by atoms with Crippen LogP contribution in [0.1, 0.15) is 44.9 Å². The van der Waals surface area contributed by atoms with Gasteiger partial charge in [-0.05, 0) is 43.1 Å². The average molecular weight is 330 g/mol. The molecule has 24 heavy (non-hydrogen) atoms. The Hall–Kier alpha value is -1.42. The van der Waals surface area contributed by atoms with Gasteiger partial charge in [0.2, 0.25) is 5.91 Å². The monoisotopic (exact) mass is 330 g/mol. The summed E-state index contributed by atoms with van der Waals surface area (Å²) in [4.78, 5) is 16.8. The zero-order chi connectivity index (χ0) is 16.6. The molecule has 130 valence electrons. The van der Waals surface area contributed by atoms with Crippen LogP contribution >= 0.6 is 0 Å². The van der Waals surface area contributed by atoms with Gasteiger partial charge in [-0.25, -0.2) is 4.39 Å². The number of hydrogen-bond acceptors (Lipinski definition) is 2. The Bertz CT molecular complexity index is 588. The van der Waals surface area contributed by atoms with E-state index >= 15 is 0 Å². The topological polar surface area (TPSA) is 23.6 Å². The van der Waals surface area contributed by atoms with Gasteiger partial charge >= 0.3 is 0 Å². The molecule has 2 saturated heterocycles. The second-order valence-corrected chi connectivity index (χ2v) is 8.14. The van der Waals surface area contributed by atoms with Crippen molar-refractivity contribution >= 4 is 11.6 Å². The van der Waals surface area contributed by atoms with Crippen LogP contribution < -0.4 is 4.90 Å². The van der Waals surface area contributed by atoms with Gasteiger partial charge in [-0.2, -0.15) is 0 Å². The van der Waals surface area contributed by atoms with E-state index in [0.29, 0.717) is 6.42 Å². The molecule has 3 aliphatic rings. The lowest BCUT2D eigenvalue weighted by Gasteiger charge is -2.48. The van der Waals surface area contributed by atoms with E-state index in [9.17, 15) is 9.18 Å². The van der Waals surface area contributed by atoms with Crippen LogP contribution in [-0.4, -0.2) is 37.0 Å². The van der Waals surface area contributed by atoms with Crippen LogP contribution in [0.4, 0.5) is 10.1 Å². The van der Waals surface area contributed by atoms with Crippen LogP contribution in [-0.2, 0) is 4.79 Å². The third-order valence-corrected chi connectivity index (χ3v) is 6.16. The molecular weight excluding hydrogens is 303 g/mol. The average Bonchev–Trinajstić information content (AvgIpc) is 2.91. The molecule has 3 fully saturated rings. The molecule has 4 heteroatoms. The van der Waals surface area contributed by atoms with Crippen molar-refractivity contribution in [3.05, 3.63) is 30.1 Å². The highest BCUT2D eigenvalue weighted by Gasteiger charge is 2.51. The maximum Gasteiger partial charge on any atom is 0.227 e. The summed E-state index contributed by atoms with van der Waals surface area (Å²) in [7, 11) is 0. The van der Waals surface area contributed by atoms with Crippen molar-refractivity contribution in [2.24, 2.45) is 11.3 Å². The minimum atomic E-state index is -0.252. The van der Waals surface area contributed by atoms with Crippen molar-refractivity contribution < 1.29 is 9.18 Å². The van der Waals surface area contributed by atoms with Crippen LogP contribution in [0, 0.1) is 17.2 Å². The van der Waals surface area contributed by atoms with E-state index in [0.717, 1.165) is 31.2 Å². The first-order valence-corrected chi connectivity index (χ1v) is 9.42. The molecule has 0 radical (unpaired) electrons. The van der Waals surface area contributed by atoms with Gasteiger partial charge in [0.1, 0.15) is 5.82 Å². The summed E-state index contributed by atoms with van der Waals surface area (Å²) in [6.07, 6.45) is 9.04. The lowest BCUT2D eigenvalue weighted by Crippen LogP contribution is -2.57. The minimum absolute atomic E-state index is 0.137. The molecule has 1 aromatic rings. The zero-order valence-electron chi connectivity index (χ0n) is 14.3. The molecule has 0 bridgehead atoms. The number of nitrogens with zero attached hydrogens (tertiary/aromatic N) is 2. The number of rotatable bonds is 4. The number of hydrogen-bond donors (Lipinski definition) is 0. The van der Waals surface area contributed by atoms with Crippen molar-refractivity contribution in [3.8, 4) is 0 Å². The normalized spacial score (nSPS) is 24.5. The molecule has 0 N–H and O–H groups in total. The number of amides is 1. The van der Waals surface area contributed by atoms with E-state index in [1.54, 1.807) is 12.1 Å². The largest absolute Gasteiger partial charge is 0.312 e. The fourth-order valence-electron chi connectivity index (χ4n) is 4.87. The first kappa shape index (κ1) is 16.1. The predicted octanol–water partition coefficient (Wildman–Crippen LogP) is 3.83. The molecule has 0 atom stereocenters. The molecule has 1 amide bonds. The van der Waals surface area contributed by atoms with Gasteiger partial charge in [-0.1, -0.05) is 32.1 Å². The number of anilines is 1. The van der Waals surface area contributed by atoms with Crippen LogP contribution in [0.15, 0.2) is 24.3 Å². The molecule has 1 aliphatic carbocycles. The maximum atomic E-state index is 13.1. The summed E-state index contributed by atoms with van der Waals surface area (Å²) in [5, 5.41) is 0. The molecule has 1 aromatic carbocycles. The molecule has 1 saturated carbocycles. The quantitative estimate of drug-likeness (QED) is 0.837. The van der Waals surface area contributed by atoms with Crippen molar-refractivity contribution in [2.75, 3.05) is 31.1 Å². The molecule has 0 unspecified atom stereocenters. The highest BCUT2D eigenvalue weighted by Crippen LogP contribution is 2.42. The van der Waals surface area contributed by atoms with E-state index in [4.69, 9.17) is 0 Å². The molecule has 2 aliphatic heterocycles. The van der Waals surface area contributed by atoms with Gasteiger partial charge in [0.05, 0.1) is 0 Å². The Morgan fingerprint density at radius 2 is 1.75 bits per heavy atom. The third-order valence-electron chi connectivity index (χ3n) is 6.16. The fourth-order valence-corrected chi connectivity index (χ4v) is 4.87. The second kappa shape index (κ2) is 6.47. The zero-order valence-corrected chi connectivity index (χ0v) is 14.3. The fraction of sp³-hybridized carbons (Fsp3) is 0.650. The van der Waals surface area contributed by atoms with E-state index in [1.165, 1.54) is 57.2 Å². The van der Waals surface area contributed by atoms with E-state index in [-0.39, 0.29) is 17.1 Å². The van der Waals surface area contributed by atoms with E-state index in [1.807, 2.05) is 4.90 Å². The van der Waals surface area contributed by atoms with Gasteiger partial charge in [0, 0.05) is 37.2 Å². The third kappa shape index (κ3) is 3.21. The molecular formula is C20H27FN2O. The summed E-state index contributed by atoms with van der Waals surface area (Å²) in [5.41, 5.74) is 0.969. The van der Waals surface area contributed by atoms with Gasteiger partial charge in [-0.3, -0.25) is 4.79 Å². The van der Waals surface area contributed by atoms with Crippen molar-refractivity contribution in [2.45, 2.75) is 44.9 Å². The van der Waals surface area contributed by atoms with Crippen molar-refractivity contribution in [1.29, 1.82) is 0 Å². The van der Waals surface area contributed by atoms with Gasteiger partial charge < -0.3 is 9.80 Å². The number of likely N-dealkylation sites (tertiary alicyclic amines) is 1. The highest BCUT2D eigenvalue weighted by atomic mass is 19.1. The van der Waals surface area contributed by atoms with E-state index < -0.39 is 0 Å².